The topological polar surface area (TPSA) is 133 Å². The van der Waals surface area contributed by atoms with Crippen molar-refractivity contribution in [2.75, 3.05) is 20.3 Å². The molecule has 1 aromatic heterocycles. The summed E-state index contributed by atoms with van der Waals surface area (Å²) in [5.74, 6) is -1.39. The number of hydrogen-bond donors (Lipinski definition) is 1. The van der Waals surface area contributed by atoms with Crippen LogP contribution in [0.5, 0.6) is 11.5 Å². The van der Waals surface area contributed by atoms with Crippen LogP contribution in [0.1, 0.15) is 79.1 Å². The van der Waals surface area contributed by atoms with Crippen LogP contribution < -0.4 is 14.8 Å². The molecule has 1 aliphatic carbocycles. The molecule has 2 aliphatic heterocycles. The van der Waals surface area contributed by atoms with E-state index in [9.17, 15) is 19.2 Å². The van der Waals surface area contributed by atoms with E-state index in [1.54, 1.807) is 39.7 Å². The molecule has 3 aromatic rings. The number of fused-ring (bicyclic) bond motifs is 3. The molecule has 2 fully saturated rings. The molecule has 11 nitrogen and oxygen atoms in total. The Morgan fingerprint density at radius 1 is 1.04 bits per heavy atom. The predicted octanol–water partition coefficient (Wildman–Crippen LogP) is 6.57. The molecular formula is C42H51N3O8. The molecule has 2 amide bonds. The maximum atomic E-state index is 14.6. The minimum Gasteiger partial charge on any atom is -0.497 e. The molecule has 3 heterocycles. The van der Waals surface area contributed by atoms with Crippen molar-refractivity contribution in [1.82, 2.24) is 15.2 Å². The first-order valence-electron chi connectivity index (χ1n) is 18.8. The van der Waals surface area contributed by atoms with E-state index in [-0.39, 0.29) is 37.8 Å². The summed E-state index contributed by atoms with van der Waals surface area (Å²) in [6.07, 6.45) is 7.77. The second kappa shape index (κ2) is 16.0. The molecule has 282 valence electrons. The van der Waals surface area contributed by atoms with Crippen molar-refractivity contribution in [3.05, 3.63) is 66.7 Å². The maximum Gasteiger partial charge on any atom is 0.332 e. The van der Waals surface area contributed by atoms with Gasteiger partial charge in [0.2, 0.25) is 11.8 Å². The van der Waals surface area contributed by atoms with Crippen LogP contribution in [-0.4, -0.2) is 77.2 Å². The number of allylic oxidation sites excluding steroid dienone is 1. The van der Waals surface area contributed by atoms with E-state index in [1.807, 2.05) is 60.7 Å². The normalized spacial score (nSPS) is 25.6. The van der Waals surface area contributed by atoms with Crippen molar-refractivity contribution in [3.8, 4) is 22.8 Å². The number of carbonyl (C=O) groups excluding carboxylic acids is 4. The molecule has 0 spiro atoms. The summed E-state index contributed by atoms with van der Waals surface area (Å²) in [6.45, 7) is 7.42. The Labute approximate surface area is 311 Å². The molecule has 53 heavy (non-hydrogen) atoms. The van der Waals surface area contributed by atoms with Gasteiger partial charge < -0.3 is 29.2 Å². The number of methoxy groups -OCH3 is 1. The molecule has 11 heteroatoms. The van der Waals surface area contributed by atoms with Gasteiger partial charge in [-0.1, -0.05) is 55.3 Å². The highest BCUT2D eigenvalue weighted by molar-refractivity contribution is 5.96. The van der Waals surface area contributed by atoms with Crippen molar-refractivity contribution in [2.24, 2.45) is 11.8 Å². The van der Waals surface area contributed by atoms with E-state index in [4.69, 9.17) is 23.9 Å². The molecule has 1 saturated carbocycles. The van der Waals surface area contributed by atoms with Gasteiger partial charge in [0.05, 0.1) is 37.9 Å². The van der Waals surface area contributed by atoms with Gasteiger partial charge in [0, 0.05) is 41.3 Å². The molecule has 1 N–H and O–H groups in total. The van der Waals surface area contributed by atoms with Gasteiger partial charge in [-0.25, -0.2) is 9.78 Å². The minimum absolute atomic E-state index is 0.0987. The Morgan fingerprint density at radius 3 is 2.57 bits per heavy atom. The number of nitrogens with one attached hydrogen (secondary N) is 1. The number of amides is 2. The fourth-order valence-electron chi connectivity index (χ4n) is 7.45. The second-order valence-corrected chi connectivity index (χ2v) is 15.3. The standard InChI is InChI=1S/C42H51N3O8/c1-6-51-40(49)42-25-29(42)18-14-9-7-8-11-17-28(21-37(46)53-41(2,3)4)39(48)45-26-31(23-35(45)38(47)44-42)52-36-24-33(27-15-12-10-13-16-27)43-34-22-30(50-5)19-20-32(34)36/h10,12-16,18-20,22,24,28-29,31,35H,6-9,11,17,21,23,25-26H2,1-5H3,(H,44,47)/b18-14-/t28-,29-,31-,35+,42+/m1/s1. The van der Waals surface area contributed by atoms with Gasteiger partial charge in [-0.05, 0) is 65.5 Å². The van der Waals surface area contributed by atoms with Crippen LogP contribution in [0.2, 0.25) is 0 Å². The third-order valence-corrected chi connectivity index (χ3v) is 10.2. The number of pyridine rings is 1. The summed E-state index contributed by atoms with van der Waals surface area (Å²) in [5, 5.41) is 3.78. The molecule has 3 aliphatic rings. The zero-order valence-electron chi connectivity index (χ0n) is 31.4. The monoisotopic (exact) mass is 725 g/mol. The number of aromatic nitrogens is 1. The molecule has 5 atom stereocenters. The fourth-order valence-corrected chi connectivity index (χ4v) is 7.45. The van der Waals surface area contributed by atoms with Crippen LogP contribution in [0.15, 0.2) is 66.7 Å². The number of rotatable bonds is 8. The second-order valence-electron chi connectivity index (χ2n) is 15.3. The van der Waals surface area contributed by atoms with Gasteiger partial charge in [-0.3, -0.25) is 14.4 Å². The lowest BCUT2D eigenvalue weighted by Crippen LogP contribution is -2.54. The van der Waals surface area contributed by atoms with Crippen LogP contribution in [-0.2, 0) is 28.7 Å². The number of carbonyl (C=O) groups is 4. The van der Waals surface area contributed by atoms with Gasteiger partial charge in [0.25, 0.3) is 0 Å². The number of esters is 2. The number of ether oxygens (including phenoxy) is 4. The van der Waals surface area contributed by atoms with Crippen molar-refractivity contribution in [1.29, 1.82) is 0 Å². The van der Waals surface area contributed by atoms with Crippen molar-refractivity contribution in [2.45, 2.75) is 102 Å². The first kappa shape index (κ1) is 37.8. The zero-order chi connectivity index (χ0) is 37.8. The third-order valence-electron chi connectivity index (χ3n) is 10.2. The first-order valence-corrected chi connectivity index (χ1v) is 18.8. The molecule has 6 rings (SSSR count). The Kier molecular flexibility index (Phi) is 11.4. The van der Waals surface area contributed by atoms with Gasteiger partial charge >= 0.3 is 11.9 Å². The van der Waals surface area contributed by atoms with E-state index < -0.39 is 47.0 Å². The minimum atomic E-state index is -1.20. The highest BCUT2D eigenvalue weighted by Gasteiger charge is 2.62. The largest absolute Gasteiger partial charge is 0.497 e. The lowest BCUT2D eigenvalue weighted by atomic mass is 9.95. The smallest absolute Gasteiger partial charge is 0.332 e. The summed E-state index contributed by atoms with van der Waals surface area (Å²) >= 11 is 0. The van der Waals surface area contributed by atoms with E-state index >= 15 is 0 Å². The Balaban J connectivity index is 1.35. The molecule has 0 bridgehead atoms. The highest BCUT2D eigenvalue weighted by atomic mass is 16.6. The molecular weight excluding hydrogens is 674 g/mol. The van der Waals surface area contributed by atoms with Gasteiger partial charge in [0.1, 0.15) is 34.8 Å². The van der Waals surface area contributed by atoms with E-state index in [2.05, 4.69) is 11.4 Å². The zero-order valence-corrected chi connectivity index (χ0v) is 31.4. The lowest BCUT2D eigenvalue weighted by molar-refractivity contribution is -0.159. The van der Waals surface area contributed by atoms with E-state index in [0.29, 0.717) is 35.6 Å². The lowest BCUT2D eigenvalue weighted by Gasteiger charge is -2.29. The quantitative estimate of drug-likeness (QED) is 0.202. The molecule has 0 radical (unpaired) electrons. The fraction of sp³-hybridized carbons (Fsp3) is 0.500. The summed E-state index contributed by atoms with van der Waals surface area (Å²) in [6, 6.07) is 16.3. The van der Waals surface area contributed by atoms with Crippen molar-refractivity contribution < 1.29 is 38.1 Å². The van der Waals surface area contributed by atoms with Crippen LogP contribution in [0.4, 0.5) is 0 Å². The first-order chi connectivity index (χ1) is 25.4. The van der Waals surface area contributed by atoms with E-state index in [1.165, 1.54) is 0 Å². The summed E-state index contributed by atoms with van der Waals surface area (Å²) in [7, 11) is 1.60. The summed E-state index contributed by atoms with van der Waals surface area (Å²) < 4.78 is 23.3. The summed E-state index contributed by atoms with van der Waals surface area (Å²) in [5.41, 5.74) is 0.365. The van der Waals surface area contributed by atoms with Crippen LogP contribution in [0.3, 0.4) is 0 Å². The van der Waals surface area contributed by atoms with E-state index in [0.717, 1.165) is 36.6 Å². The Hall–Kier alpha value is -4.93. The SMILES string of the molecule is CCOC(=O)[C@]12C[C@H]1/C=C\CCCCC[C@H](CC(=O)OC(C)(C)C)C(=O)N1C[C@H](Oc3cc(-c4ccccc4)nc4cc(OC)ccc34)C[C@H]1C(=O)N2. The number of benzene rings is 2. The highest BCUT2D eigenvalue weighted by Crippen LogP contribution is 2.46. The average molecular weight is 726 g/mol. The van der Waals surface area contributed by atoms with Crippen molar-refractivity contribution in [3.63, 3.8) is 0 Å². The Bertz CT molecular complexity index is 1850. The van der Waals surface area contributed by atoms with Crippen LogP contribution in [0, 0.1) is 11.8 Å². The number of nitrogens with zero attached hydrogens (tertiary/aromatic N) is 2. The van der Waals surface area contributed by atoms with Gasteiger partial charge in [-0.15, -0.1) is 0 Å². The van der Waals surface area contributed by atoms with Gasteiger partial charge in [0.15, 0.2) is 0 Å². The summed E-state index contributed by atoms with van der Waals surface area (Å²) in [4.78, 5) is 61.9. The maximum absolute atomic E-state index is 14.6. The van der Waals surface area contributed by atoms with Crippen molar-refractivity contribution >= 4 is 34.7 Å². The van der Waals surface area contributed by atoms with Crippen LogP contribution >= 0.6 is 0 Å². The molecule has 2 aromatic carbocycles. The molecule has 1 saturated heterocycles. The third kappa shape index (κ3) is 8.83. The number of hydrogen-bond acceptors (Lipinski definition) is 9. The predicted molar refractivity (Wildman–Crippen MR) is 200 cm³/mol. The molecule has 0 unspecified atom stereocenters. The Morgan fingerprint density at radius 2 is 1.83 bits per heavy atom. The van der Waals surface area contributed by atoms with Crippen LogP contribution in [0.25, 0.3) is 22.2 Å². The van der Waals surface area contributed by atoms with Gasteiger partial charge in [-0.2, -0.15) is 0 Å². The average Bonchev–Trinajstić information content (AvgIpc) is 3.66.